The van der Waals surface area contributed by atoms with Crippen LogP contribution in [0.15, 0.2) is 10.6 Å². The Morgan fingerprint density at radius 2 is 2.41 bits per heavy atom. The highest BCUT2D eigenvalue weighted by Gasteiger charge is 2.27. The molecule has 1 N–H and O–H groups in total. The van der Waals surface area contributed by atoms with Crippen LogP contribution in [0.3, 0.4) is 0 Å². The summed E-state index contributed by atoms with van der Waals surface area (Å²) in [6.07, 6.45) is 5.11. The van der Waals surface area contributed by atoms with Crippen molar-refractivity contribution >= 4 is 16.7 Å². The minimum Gasteiger partial charge on any atom is -0.444 e. The molecule has 0 radical (unpaired) electrons. The van der Waals surface area contributed by atoms with E-state index in [0.717, 1.165) is 23.1 Å². The summed E-state index contributed by atoms with van der Waals surface area (Å²) < 4.78 is 9.83. The van der Waals surface area contributed by atoms with Crippen molar-refractivity contribution < 1.29 is 4.42 Å². The van der Waals surface area contributed by atoms with E-state index in [1.165, 1.54) is 24.4 Å². The third-order valence-corrected chi connectivity index (χ3v) is 3.41. The van der Waals surface area contributed by atoms with Gasteiger partial charge in [0.05, 0.1) is 12.7 Å². The van der Waals surface area contributed by atoms with Crippen LogP contribution in [0.25, 0.3) is 0 Å². The smallest absolute Gasteiger partial charge is 0.213 e. The molecule has 1 fully saturated rings. The fourth-order valence-electron chi connectivity index (χ4n) is 1.56. The number of nitrogens with zero attached hydrogens (tertiary/aromatic N) is 3. The third kappa shape index (κ3) is 2.46. The molecule has 0 atom stereocenters. The molecule has 90 valence electrons. The third-order valence-electron chi connectivity index (χ3n) is 2.72. The molecule has 2 aromatic heterocycles. The Hall–Kier alpha value is -1.43. The minimum absolute atomic E-state index is 0.569. The van der Waals surface area contributed by atoms with E-state index in [4.69, 9.17) is 4.42 Å². The van der Waals surface area contributed by atoms with Crippen LogP contribution >= 0.6 is 11.5 Å². The van der Waals surface area contributed by atoms with Gasteiger partial charge in [0.25, 0.3) is 0 Å². The molecule has 0 aromatic carbocycles. The summed E-state index contributed by atoms with van der Waals surface area (Å²) in [5.74, 6) is 3.21. The maximum atomic E-state index is 5.50. The van der Waals surface area contributed by atoms with E-state index in [1.54, 1.807) is 6.20 Å². The molecule has 0 bridgehead atoms. The zero-order valence-electron chi connectivity index (χ0n) is 9.64. The number of hydrogen-bond acceptors (Lipinski definition) is 6. The van der Waals surface area contributed by atoms with Gasteiger partial charge in [0, 0.05) is 23.9 Å². The molecule has 0 unspecified atom stereocenters. The molecule has 1 aliphatic rings. The Morgan fingerprint density at radius 1 is 1.53 bits per heavy atom. The first kappa shape index (κ1) is 10.7. The van der Waals surface area contributed by atoms with Crippen molar-refractivity contribution in [1.29, 1.82) is 0 Å². The first-order valence-electron chi connectivity index (χ1n) is 5.86. The summed E-state index contributed by atoms with van der Waals surface area (Å²) in [6.45, 7) is 2.61. The Kier molecular flexibility index (Phi) is 2.80. The van der Waals surface area contributed by atoms with Gasteiger partial charge in [-0.1, -0.05) is 6.92 Å². The topological polar surface area (TPSA) is 63.8 Å². The van der Waals surface area contributed by atoms with Crippen molar-refractivity contribution in [3.05, 3.63) is 23.7 Å². The Balaban J connectivity index is 1.58. The zero-order valence-corrected chi connectivity index (χ0v) is 10.5. The van der Waals surface area contributed by atoms with Crippen LogP contribution in [0.5, 0.6) is 0 Å². The number of rotatable bonds is 5. The molecule has 6 heteroatoms. The van der Waals surface area contributed by atoms with Crippen LogP contribution < -0.4 is 5.32 Å². The van der Waals surface area contributed by atoms with Gasteiger partial charge in [0.15, 0.2) is 0 Å². The van der Waals surface area contributed by atoms with Gasteiger partial charge in [-0.2, -0.15) is 4.37 Å². The monoisotopic (exact) mass is 250 g/mol. The number of nitrogens with one attached hydrogen (secondary N) is 1. The largest absolute Gasteiger partial charge is 0.444 e. The van der Waals surface area contributed by atoms with Crippen LogP contribution in [-0.2, 0) is 13.0 Å². The number of aromatic nitrogens is 3. The lowest BCUT2D eigenvalue weighted by Gasteiger charge is -1.96. The summed E-state index contributed by atoms with van der Waals surface area (Å²) in [7, 11) is 0. The molecule has 3 rings (SSSR count). The number of anilines is 1. The molecular weight excluding hydrogens is 236 g/mol. The molecule has 17 heavy (non-hydrogen) atoms. The number of aryl methyl sites for hydroxylation is 1. The first-order chi connectivity index (χ1) is 8.35. The normalized spacial score (nSPS) is 15.1. The highest BCUT2D eigenvalue weighted by molar-refractivity contribution is 7.09. The quantitative estimate of drug-likeness (QED) is 0.883. The molecule has 0 spiro atoms. The van der Waals surface area contributed by atoms with E-state index in [2.05, 4.69) is 19.7 Å². The maximum absolute atomic E-state index is 5.50. The molecule has 1 saturated carbocycles. The average Bonchev–Trinajstić information content (AvgIpc) is 2.93. The van der Waals surface area contributed by atoms with Gasteiger partial charge < -0.3 is 9.73 Å². The molecule has 2 heterocycles. The second-order valence-electron chi connectivity index (χ2n) is 4.16. The maximum Gasteiger partial charge on any atom is 0.213 e. The van der Waals surface area contributed by atoms with Crippen LogP contribution in [0.2, 0.25) is 0 Å². The van der Waals surface area contributed by atoms with Crippen LogP contribution in [0, 0.1) is 0 Å². The predicted molar refractivity (Wildman–Crippen MR) is 65.1 cm³/mol. The van der Waals surface area contributed by atoms with Crippen molar-refractivity contribution in [1.82, 2.24) is 14.3 Å². The average molecular weight is 250 g/mol. The highest BCUT2D eigenvalue weighted by atomic mass is 32.1. The summed E-state index contributed by atoms with van der Waals surface area (Å²) in [5, 5.41) is 4.04. The first-order valence-corrected chi connectivity index (χ1v) is 6.63. The second-order valence-corrected chi connectivity index (χ2v) is 4.91. The van der Waals surface area contributed by atoms with Gasteiger partial charge in [-0.15, -0.1) is 0 Å². The number of hydrogen-bond donors (Lipinski definition) is 1. The minimum atomic E-state index is 0.569. The molecule has 0 aliphatic heterocycles. The van der Waals surface area contributed by atoms with Crippen LogP contribution in [0.1, 0.15) is 43.2 Å². The standard InChI is InChI=1S/C11H14N4OS/c1-2-8-5-12-9(16-8)6-13-11-14-10(15-17-11)7-3-4-7/h5,7H,2-4,6H2,1H3,(H,13,14,15). The van der Waals surface area contributed by atoms with Gasteiger partial charge in [-0.05, 0) is 12.8 Å². The van der Waals surface area contributed by atoms with E-state index >= 15 is 0 Å². The van der Waals surface area contributed by atoms with E-state index in [1.807, 2.05) is 6.92 Å². The molecule has 0 saturated heterocycles. The van der Waals surface area contributed by atoms with Crippen molar-refractivity contribution in [3.63, 3.8) is 0 Å². The molecule has 2 aromatic rings. The van der Waals surface area contributed by atoms with Gasteiger partial charge >= 0.3 is 0 Å². The summed E-state index contributed by atoms with van der Waals surface area (Å²) in [5.41, 5.74) is 0. The Morgan fingerprint density at radius 3 is 3.12 bits per heavy atom. The van der Waals surface area contributed by atoms with Gasteiger partial charge in [0.1, 0.15) is 11.6 Å². The molecule has 1 aliphatic carbocycles. The molecule has 0 amide bonds. The number of oxazole rings is 1. The van der Waals surface area contributed by atoms with Gasteiger partial charge in [0.2, 0.25) is 11.0 Å². The van der Waals surface area contributed by atoms with Crippen molar-refractivity contribution in [2.45, 2.75) is 38.6 Å². The second kappa shape index (κ2) is 4.44. The molecule has 5 nitrogen and oxygen atoms in total. The Labute approximate surface area is 103 Å². The van der Waals surface area contributed by atoms with E-state index in [0.29, 0.717) is 18.4 Å². The lowest BCUT2D eigenvalue weighted by molar-refractivity contribution is 0.466. The van der Waals surface area contributed by atoms with Crippen LogP contribution in [-0.4, -0.2) is 14.3 Å². The molecular formula is C11H14N4OS. The SMILES string of the molecule is CCc1cnc(CNc2nc(C3CC3)ns2)o1. The lowest BCUT2D eigenvalue weighted by Crippen LogP contribution is -1.99. The van der Waals surface area contributed by atoms with E-state index < -0.39 is 0 Å². The van der Waals surface area contributed by atoms with E-state index in [9.17, 15) is 0 Å². The summed E-state index contributed by atoms with van der Waals surface area (Å²) >= 11 is 1.41. The van der Waals surface area contributed by atoms with Crippen molar-refractivity contribution in [2.24, 2.45) is 0 Å². The van der Waals surface area contributed by atoms with E-state index in [-0.39, 0.29) is 0 Å². The summed E-state index contributed by atoms with van der Waals surface area (Å²) in [6, 6.07) is 0. The lowest BCUT2D eigenvalue weighted by atomic mass is 10.4. The summed E-state index contributed by atoms with van der Waals surface area (Å²) in [4.78, 5) is 8.62. The fraction of sp³-hybridized carbons (Fsp3) is 0.545. The van der Waals surface area contributed by atoms with Crippen molar-refractivity contribution in [3.8, 4) is 0 Å². The Bertz CT molecular complexity index is 503. The zero-order chi connectivity index (χ0) is 11.7. The fourth-order valence-corrected chi connectivity index (χ4v) is 2.20. The predicted octanol–water partition coefficient (Wildman–Crippen LogP) is 2.58. The van der Waals surface area contributed by atoms with Gasteiger partial charge in [-0.25, -0.2) is 9.97 Å². The van der Waals surface area contributed by atoms with Crippen LogP contribution in [0.4, 0.5) is 5.13 Å². The van der Waals surface area contributed by atoms with Crippen molar-refractivity contribution in [2.75, 3.05) is 5.32 Å². The van der Waals surface area contributed by atoms with Gasteiger partial charge in [-0.3, -0.25) is 0 Å². The highest BCUT2D eigenvalue weighted by Crippen LogP contribution is 2.39.